The van der Waals surface area contributed by atoms with E-state index >= 15 is 0 Å². The lowest BCUT2D eigenvalue weighted by Gasteiger charge is -2.31. The van der Waals surface area contributed by atoms with E-state index in [0.29, 0.717) is 0 Å². The number of nitrogens with zero attached hydrogens (tertiary/aromatic N) is 2. The monoisotopic (exact) mass is 254 g/mol. The van der Waals surface area contributed by atoms with Crippen LogP contribution in [0.2, 0.25) is 0 Å². The van der Waals surface area contributed by atoms with E-state index in [9.17, 15) is 10.1 Å². The lowest BCUT2D eigenvalue weighted by atomic mass is 10.0. The molecule has 0 bridgehead atoms. The molecule has 4 nitrogen and oxygen atoms in total. The quantitative estimate of drug-likeness (QED) is 0.606. The van der Waals surface area contributed by atoms with Crippen LogP contribution in [0.25, 0.3) is 0 Å². The van der Waals surface area contributed by atoms with Crippen LogP contribution in [0.5, 0.6) is 0 Å². The molecule has 4 heteroatoms. The van der Waals surface area contributed by atoms with Crippen molar-refractivity contribution in [2.45, 2.75) is 12.8 Å². The van der Waals surface area contributed by atoms with Gasteiger partial charge < -0.3 is 4.90 Å². The largest absolute Gasteiger partial charge is 0.341 e. The molecule has 1 aliphatic rings. The zero-order valence-corrected chi connectivity index (χ0v) is 10.5. The van der Waals surface area contributed by atoms with E-state index in [4.69, 9.17) is 0 Å². The molecule has 0 atom stereocenters. The van der Waals surface area contributed by atoms with Gasteiger partial charge in [0.25, 0.3) is 5.69 Å². The third-order valence-electron chi connectivity index (χ3n) is 3.46. The fraction of sp³-hybridized carbons (Fsp3) is 0.200. The van der Waals surface area contributed by atoms with Crippen LogP contribution in [0.15, 0.2) is 48.5 Å². The van der Waals surface area contributed by atoms with Crippen LogP contribution in [0.4, 0.5) is 17.1 Å². The maximum atomic E-state index is 10.8. The van der Waals surface area contributed by atoms with Crippen LogP contribution < -0.4 is 4.90 Å². The SMILES string of the molecule is O=[N+]([O-])c1ccc2c(c1)CCCN2c1ccccc1. The van der Waals surface area contributed by atoms with Gasteiger partial charge in [0.1, 0.15) is 0 Å². The van der Waals surface area contributed by atoms with E-state index in [0.717, 1.165) is 36.3 Å². The molecule has 0 unspecified atom stereocenters. The summed E-state index contributed by atoms with van der Waals surface area (Å²) in [7, 11) is 0. The minimum Gasteiger partial charge on any atom is -0.341 e. The molecule has 0 N–H and O–H groups in total. The summed E-state index contributed by atoms with van der Waals surface area (Å²) in [5.41, 5.74) is 3.46. The molecule has 0 aliphatic carbocycles. The molecule has 0 radical (unpaired) electrons. The third kappa shape index (κ3) is 2.17. The standard InChI is InChI=1S/C15H14N2O2/c18-17(19)14-8-9-15-12(11-14)5-4-10-16(15)13-6-2-1-3-7-13/h1-3,6-9,11H,4-5,10H2. The molecule has 2 aromatic rings. The fourth-order valence-corrected chi connectivity index (χ4v) is 2.57. The van der Waals surface area contributed by atoms with Gasteiger partial charge in [-0.15, -0.1) is 0 Å². The molecule has 0 fully saturated rings. The number of para-hydroxylation sites is 1. The molecular formula is C15H14N2O2. The topological polar surface area (TPSA) is 46.4 Å². The van der Waals surface area contributed by atoms with Gasteiger partial charge in [-0.05, 0) is 36.6 Å². The Hall–Kier alpha value is -2.36. The predicted octanol–water partition coefficient (Wildman–Crippen LogP) is 3.68. The second-order valence-electron chi connectivity index (χ2n) is 4.66. The number of fused-ring (bicyclic) bond motifs is 1. The molecule has 0 spiro atoms. The molecular weight excluding hydrogens is 240 g/mol. The van der Waals surface area contributed by atoms with Crippen molar-refractivity contribution in [1.82, 2.24) is 0 Å². The van der Waals surface area contributed by atoms with E-state index in [-0.39, 0.29) is 10.6 Å². The number of benzene rings is 2. The molecule has 1 aliphatic heterocycles. The maximum Gasteiger partial charge on any atom is 0.269 e. The van der Waals surface area contributed by atoms with Gasteiger partial charge in [-0.1, -0.05) is 18.2 Å². The minimum atomic E-state index is -0.332. The Kier molecular flexibility index (Phi) is 2.91. The van der Waals surface area contributed by atoms with Crippen molar-refractivity contribution < 1.29 is 4.92 Å². The molecule has 3 rings (SSSR count). The number of rotatable bonds is 2. The Morgan fingerprint density at radius 2 is 1.89 bits per heavy atom. The summed E-state index contributed by atoms with van der Waals surface area (Å²) in [5.74, 6) is 0. The van der Waals surface area contributed by atoms with E-state index in [1.165, 1.54) is 0 Å². The van der Waals surface area contributed by atoms with Gasteiger partial charge in [0, 0.05) is 30.1 Å². The zero-order valence-electron chi connectivity index (χ0n) is 10.5. The maximum absolute atomic E-state index is 10.8. The number of hydrogen-bond acceptors (Lipinski definition) is 3. The van der Waals surface area contributed by atoms with Gasteiger partial charge in [-0.3, -0.25) is 10.1 Å². The number of non-ortho nitro benzene ring substituents is 1. The Morgan fingerprint density at radius 1 is 1.11 bits per heavy atom. The third-order valence-corrected chi connectivity index (χ3v) is 3.46. The van der Waals surface area contributed by atoms with E-state index in [1.54, 1.807) is 12.1 Å². The minimum absolute atomic E-state index is 0.175. The number of nitro groups is 1. The summed E-state index contributed by atoms with van der Waals surface area (Å²) >= 11 is 0. The number of nitro benzene ring substituents is 1. The molecule has 19 heavy (non-hydrogen) atoms. The van der Waals surface area contributed by atoms with Crippen molar-refractivity contribution in [1.29, 1.82) is 0 Å². The summed E-state index contributed by atoms with van der Waals surface area (Å²) in [6, 6.07) is 15.3. The molecule has 0 saturated carbocycles. The van der Waals surface area contributed by atoms with Crippen molar-refractivity contribution in [2.24, 2.45) is 0 Å². The average molecular weight is 254 g/mol. The van der Waals surface area contributed by atoms with Crippen molar-refractivity contribution in [2.75, 3.05) is 11.4 Å². The van der Waals surface area contributed by atoms with Crippen molar-refractivity contribution in [3.8, 4) is 0 Å². The molecule has 1 heterocycles. The molecule has 0 aromatic heterocycles. The first-order valence-corrected chi connectivity index (χ1v) is 6.35. The zero-order chi connectivity index (χ0) is 13.2. The van der Waals surface area contributed by atoms with E-state index < -0.39 is 0 Å². The van der Waals surface area contributed by atoms with Gasteiger partial charge in [-0.2, -0.15) is 0 Å². The molecule has 2 aromatic carbocycles. The van der Waals surface area contributed by atoms with Crippen molar-refractivity contribution in [3.05, 3.63) is 64.2 Å². The summed E-state index contributed by atoms with van der Waals surface area (Å²) < 4.78 is 0. The number of anilines is 2. The Bertz CT molecular complexity index is 611. The Morgan fingerprint density at radius 3 is 2.63 bits per heavy atom. The Balaban J connectivity index is 2.03. The van der Waals surface area contributed by atoms with Crippen LogP contribution >= 0.6 is 0 Å². The summed E-state index contributed by atoms with van der Waals surface area (Å²) in [6.07, 6.45) is 1.92. The van der Waals surface area contributed by atoms with Gasteiger partial charge >= 0.3 is 0 Å². The molecule has 96 valence electrons. The number of aryl methyl sites for hydroxylation is 1. The highest BCUT2D eigenvalue weighted by molar-refractivity contribution is 5.69. The second-order valence-corrected chi connectivity index (χ2v) is 4.66. The highest BCUT2D eigenvalue weighted by Crippen LogP contribution is 2.35. The lowest BCUT2D eigenvalue weighted by molar-refractivity contribution is -0.384. The van der Waals surface area contributed by atoms with Crippen LogP contribution in [0.1, 0.15) is 12.0 Å². The summed E-state index contributed by atoms with van der Waals surface area (Å²) in [6.45, 7) is 0.953. The lowest BCUT2D eigenvalue weighted by Crippen LogP contribution is -2.24. The molecule has 0 saturated heterocycles. The first-order chi connectivity index (χ1) is 9.25. The molecule has 0 amide bonds. The summed E-state index contributed by atoms with van der Waals surface area (Å²) in [4.78, 5) is 12.7. The smallest absolute Gasteiger partial charge is 0.269 e. The van der Waals surface area contributed by atoms with E-state index in [2.05, 4.69) is 17.0 Å². The number of hydrogen-bond donors (Lipinski definition) is 0. The normalized spacial score (nSPS) is 14.0. The highest BCUT2D eigenvalue weighted by atomic mass is 16.6. The van der Waals surface area contributed by atoms with Crippen molar-refractivity contribution >= 4 is 17.1 Å². The van der Waals surface area contributed by atoms with Gasteiger partial charge in [0.05, 0.1) is 4.92 Å². The second kappa shape index (κ2) is 4.72. The van der Waals surface area contributed by atoms with Crippen LogP contribution in [0.3, 0.4) is 0 Å². The van der Waals surface area contributed by atoms with Gasteiger partial charge in [0.2, 0.25) is 0 Å². The average Bonchev–Trinajstić information content (AvgIpc) is 2.47. The predicted molar refractivity (Wildman–Crippen MR) is 74.9 cm³/mol. The Labute approximate surface area is 111 Å². The van der Waals surface area contributed by atoms with Crippen LogP contribution in [0, 0.1) is 10.1 Å². The first kappa shape index (κ1) is 11.7. The summed E-state index contributed by atoms with van der Waals surface area (Å²) in [5, 5.41) is 10.8. The van der Waals surface area contributed by atoms with Crippen LogP contribution in [-0.2, 0) is 6.42 Å². The van der Waals surface area contributed by atoms with Crippen LogP contribution in [-0.4, -0.2) is 11.5 Å². The van der Waals surface area contributed by atoms with Crippen molar-refractivity contribution in [3.63, 3.8) is 0 Å². The first-order valence-electron chi connectivity index (χ1n) is 6.35. The van der Waals surface area contributed by atoms with Gasteiger partial charge in [0.15, 0.2) is 0 Å². The van der Waals surface area contributed by atoms with E-state index in [1.807, 2.05) is 24.3 Å². The van der Waals surface area contributed by atoms with Gasteiger partial charge in [-0.25, -0.2) is 0 Å². The highest BCUT2D eigenvalue weighted by Gasteiger charge is 2.20. The fourth-order valence-electron chi connectivity index (χ4n) is 2.57.